The van der Waals surface area contributed by atoms with E-state index in [0.29, 0.717) is 17.0 Å². The van der Waals surface area contributed by atoms with Gasteiger partial charge in [-0.2, -0.15) is 0 Å². The number of carboxylic acid groups (broad SMARTS) is 1. The number of hydrogen-bond donors (Lipinski definition) is 4. The van der Waals surface area contributed by atoms with Gasteiger partial charge < -0.3 is 25.6 Å². The van der Waals surface area contributed by atoms with Crippen molar-refractivity contribution in [1.82, 2.24) is 5.32 Å². The Bertz CT molecular complexity index is 586. The molecule has 1 aliphatic rings. The first kappa shape index (κ1) is 14.8. The lowest BCUT2D eigenvalue weighted by atomic mass is 10.1. The van der Waals surface area contributed by atoms with Gasteiger partial charge >= 0.3 is 5.97 Å². The zero-order valence-electron chi connectivity index (χ0n) is 11.0. The van der Waals surface area contributed by atoms with Crippen LogP contribution in [-0.2, 0) is 9.59 Å². The summed E-state index contributed by atoms with van der Waals surface area (Å²) in [5, 5.41) is 22.7. The Kier molecular flexibility index (Phi) is 4.39. The maximum absolute atomic E-state index is 11.9. The van der Waals surface area contributed by atoms with Gasteiger partial charge in [-0.15, -0.1) is 0 Å². The molecule has 8 heteroatoms. The van der Waals surface area contributed by atoms with E-state index in [4.69, 9.17) is 14.9 Å². The molecule has 8 nitrogen and oxygen atoms in total. The van der Waals surface area contributed by atoms with E-state index in [1.54, 1.807) is 6.07 Å². The quantitative estimate of drug-likeness (QED) is 0.584. The highest BCUT2D eigenvalue weighted by Crippen LogP contribution is 2.28. The molecule has 0 bridgehead atoms. The number of anilines is 1. The molecule has 0 aliphatic carbocycles. The molecular weight excluding hydrogens is 280 g/mol. The van der Waals surface area contributed by atoms with Gasteiger partial charge in [0.1, 0.15) is 5.75 Å². The number of nitrogens with one attached hydrogen (secondary N) is 2. The van der Waals surface area contributed by atoms with E-state index in [2.05, 4.69) is 10.6 Å². The van der Waals surface area contributed by atoms with Crippen LogP contribution in [0, 0.1) is 0 Å². The first-order valence-electron chi connectivity index (χ1n) is 6.23. The summed E-state index contributed by atoms with van der Waals surface area (Å²) in [5.41, 5.74) is 0.703. The summed E-state index contributed by atoms with van der Waals surface area (Å²) < 4.78 is 5.17. The maximum Gasteiger partial charge on any atom is 0.332 e. The number of carboxylic acids is 1. The third-order valence-corrected chi connectivity index (χ3v) is 2.86. The topological polar surface area (TPSA) is 125 Å². The molecule has 112 valence electrons. The Labute approximate surface area is 119 Å². The van der Waals surface area contributed by atoms with Crippen molar-refractivity contribution in [1.29, 1.82) is 0 Å². The van der Waals surface area contributed by atoms with Crippen molar-refractivity contribution < 1.29 is 29.3 Å². The number of fused-ring (bicyclic) bond motifs is 1. The fourth-order valence-electron chi connectivity index (χ4n) is 1.77. The summed E-state index contributed by atoms with van der Waals surface area (Å²) in [6, 6.07) is 4.56. The Morgan fingerprint density at radius 1 is 1.43 bits per heavy atom. The summed E-state index contributed by atoms with van der Waals surface area (Å²) in [6.45, 7) is -0.0438. The van der Waals surface area contributed by atoms with Gasteiger partial charge in [0, 0.05) is 18.5 Å². The van der Waals surface area contributed by atoms with Crippen molar-refractivity contribution in [3.05, 3.63) is 23.8 Å². The van der Waals surface area contributed by atoms with Crippen LogP contribution in [-0.4, -0.2) is 47.3 Å². The fourth-order valence-corrected chi connectivity index (χ4v) is 1.77. The Balaban J connectivity index is 1.95. The van der Waals surface area contributed by atoms with Crippen LogP contribution in [0.25, 0.3) is 0 Å². The minimum atomic E-state index is -1.51. The predicted molar refractivity (Wildman–Crippen MR) is 71.2 cm³/mol. The molecule has 1 aromatic carbocycles. The Hall–Kier alpha value is -2.61. The number of aliphatic carboxylic acids is 1. The maximum atomic E-state index is 11.9. The predicted octanol–water partition coefficient (Wildman–Crippen LogP) is -0.417. The zero-order valence-corrected chi connectivity index (χ0v) is 11.0. The van der Waals surface area contributed by atoms with Crippen LogP contribution in [0.5, 0.6) is 5.75 Å². The van der Waals surface area contributed by atoms with E-state index in [1.807, 2.05) is 0 Å². The zero-order chi connectivity index (χ0) is 15.4. The Morgan fingerprint density at radius 2 is 2.19 bits per heavy atom. The van der Waals surface area contributed by atoms with Gasteiger partial charge in [0.2, 0.25) is 0 Å². The third kappa shape index (κ3) is 3.69. The molecule has 2 amide bonds. The van der Waals surface area contributed by atoms with E-state index in [0.717, 1.165) is 0 Å². The lowest BCUT2D eigenvalue weighted by Gasteiger charge is -2.18. The minimum Gasteiger partial charge on any atom is -0.482 e. The second-order valence-corrected chi connectivity index (χ2v) is 4.45. The summed E-state index contributed by atoms with van der Waals surface area (Å²) in [5.74, 6) is -1.59. The molecule has 0 saturated carbocycles. The van der Waals surface area contributed by atoms with Gasteiger partial charge in [0.25, 0.3) is 11.8 Å². The van der Waals surface area contributed by atoms with Gasteiger partial charge in [-0.05, 0) is 18.2 Å². The molecule has 1 aliphatic heterocycles. The van der Waals surface area contributed by atoms with E-state index in [1.165, 1.54) is 12.1 Å². The molecular formula is C13H14N2O6. The van der Waals surface area contributed by atoms with Crippen molar-refractivity contribution in [2.45, 2.75) is 12.5 Å². The fraction of sp³-hybridized carbons (Fsp3) is 0.308. The van der Waals surface area contributed by atoms with Crippen LogP contribution in [0.1, 0.15) is 16.8 Å². The standard InChI is InChI=1S/C13H14N2O6/c16-9(13(19)20)3-4-14-12(18)7-1-2-10-8(5-7)15-11(17)6-21-10/h1-2,5,9,16H,3-4,6H2,(H,14,18)(H,15,17)(H,19,20). The molecule has 1 atom stereocenters. The average molecular weight is 294 g/mol. The Morgan fingerprint density at radius 3 is 2.90 bits per heavy atom. The number of ether oxygens (including phenoxy) is 1. The van der Waals surface area contributed by atoms with Gasteiger partial charge in [-0.1, -0.05) is 0 Å². The first-order valence-corrected chi connectivity index (χ1v) is 6.23. The van der Waals surface area contributed by atoms with Crippen LogP contribution in [0.2, 0.25) is 0 Å². The molecule has 0 saturated heterocycles. The molecule has 1 heterocycles. The van der Waals surface area contributed by atoms with Crippen molar-refractivity contribution in [2.24, 2.45) is 0 Å². The van der Waals surface area contributed by atoms with Gasteiger partial charge in [0.15, 0.2) is 12.7 Å². The van der Waals surface area contributed by atoms with Crippen LogP contribution >= 0.6 is 0 Å². The highest BCUT2D eigenvalue weighted by Gasteiger charge is 2.18. The lowest BCUT2D eigenvalue weighted by Crippen LogP contribution is -2.30. The number of rotatable bonds is 5. The molecule has 0 aromatic heterocycles. The van der Waals surface area contributed by atoms with E-state index in [-0.39, 0.29) is 25.5 Å². The number of aliphatic hydroxyl groups is 1. The van der Waals surface area contributed by atoms with Crippen molar-refractivity contribution >= 4 is 23.5 Å². The molecule has 21 heavy (non-hydrogen) atoms. The number of aliphatic hydroxyl groups excluding tert-OH is 1. The van der Waals surface area contributed by atoms with E-state index < -0.39 is 18.0 Å². The van der Waals surface area contributed by atoms with Gasteiger partial charge in [-0.25, -0.2) is 4.79 Å². The molecule has 0 radical (unpaired) electrons. The number of carbonyl (C=O) groups excluding carboxylic acids is 2. The highest BCUT2D eigenvalue weighted by atomic mass is 16.5. The molecule has 0 fully saturated rings. The van der Waals surface area contributed by atoms with Crippen molar-refractivity contribution in [2.75, 3.05) is 18.5 Å². The minimum absolute atomic E-state index is 0.0201. The average Bonchev–Trinajstić information content (AvgIpc) is 2.45. The normalized spacial score (nSPS) is 14.4. The van der Waals surface area contributed by atoms with Crippen molar-refractivity contribution in [3.63, 3.8) is 0 Å². The number of hydrogen-bond acceptors (Lipinski definition) is 5. The molecule has 1 aromatic rings. The highest BCUT2D eigenvalue weighted by molar-refractivity contribution is 5.99. The lowest BCUT2D eigenvalue weighted by molar-refractivity contribution is -0.146. The van der Waals surface area contributed by atoms with Crippen LogP contribution in [0.15, 0.2) is 18.2 Å². The molecule has 2 rings (SSSR count). The number of amides is 2. The largest absolute Gasteiger partial charge is 0.482 e. The van der Waals surface area contributed by atoms with Gasteiger partial charge in [-0.3, -0.25) is 9.59 Å². The van der Waals surface area contributed by atoms with E-state index in [9.17, 15) is 14.4 Å². The number of carbonyl (C=O) groups is 3. The van der Waals surface area contributed by atoms with Crippen LogP contribution < -0.4 is 15.4 Å². The third-order valence-electron chi connectivity index (χ3n) is 2.86. The smallest absolute Gasteiger partial charge is 0.332 e. The van der Waals surface area contributed by atoms with Gasteiger partial charge in [0.05, 0.1) is 5.69 Å². The summed E-state index contributed by atoms with van der Waals surface area (Å²) in [4.78, 5) is 33.5. The molecule has 0 spiro atoms. The summed E-state index contributed by atoms with van der Waals surface area (Å²) in [6.07, 6.45) is -1.60. The monoisotopic (exact) mass is 294 g/mol. The van der Waals surface area contributed by atoms with Crippen LogP contribution in [0.4, 0.5) is 5.69 Å². The second kappa shape index (κ2) is 6.23. The first-order chi connectivity index (χ1) is 9.97. The summed E-state index contributed by atoms with van der Waals surface area (Å²) >= 11 is 0. The SMILES string of the molecule is O=C1COc2ccc(C(=O)NCCC(O)C(=O)O)cc2N1. The molecule has 4 N–H and O–H groups in total. The van der Waals surface area contributed by atoms with Crippen molar-refractivity contribution in [3.8, 4) is 5.75 Å². The van der Waals surface area contributed by atoms with Crippen LogP contribution in [0.3, 0.4) is 0 Å². The van der Waals surface area contributed by atoms with E-state index >= 15 is 0 Å². The second-order valence-electron chi connectivity index (χ2n) is 4.45. The molecule has 1 unspecified atom stereocenters. The number of benzene rings is 1. The summed E-state index contributed by atoms with van der Waals surface area (Å²) in [7, 11) is 0.